The monoisotopic (exact) mass is 355 g/mol. The van der Waals surface area contributed by atoms with Gasteiger partial charge >= 0.3 is 28.2 Å². The Morgan fingerprint density at radius 1 is 0.957 bits per heavy atom. The highest BCUT2D eigenvalue weighted by Crippen LogP contribution is 2.28. The second kappa shape index (κ2) is 7.68. The molecule has 1 heterocycles. The normalized spacial score (nSPS) is 27.3. The fraction of sp³-hybridized carbons (Fsp3) is 0.727. The molecule has 132 valence electrons. The van der Waals surface area contributed by atoms with Gasteiger partial charge in [-0.3, -0.25) is 18.6 Å². The molecule has 0 amide bonds. The topological polar surface area (TPSA) is 158 Å². The molecule has 0 radical (unpaired) electrons. The molecule has 1 rings (SSSR count). The quantitative estimate of drug-likeness (QED) is 0.432. The first kappa shape index (κ1) is 19.3. The minimum Gasteiger partial charge on any atom is -0.455 e. The van der Waals surface area contributed by atoms with Crippen molar-refractivity contribution < 1.29 is 45.9 Å². The third kappa shape index (κ3) is 6.48. The summed E-state index contributed by atoms with van der Waals surface area (Å²) in [5, 5.41) is 4.71. The zero-order valence-electron chi connectivity index (χ0n) is 12.6. The van der Waals surface area contributed by atoms with Crippen molar-refractivity contribution in [2.75, 3.05) is 6.61 Å². The summed E-state index contributed by atoms with van der Waals surface area (Å²) in [6.45, 7) is 2.63. The molecule has 12 heteroatoms. The van der Waals surface area contributed by atoms with Crippen LogP contribution in [0, 0.1) is 0 Å². The molecule has 0 aliphatic carbocycles. The van der Waals surface area contributed by atoms with Crippen LogP contribution in [0.25, 0.3) is 0 Å². The Kier molecular flexibility index (Phi) is 6.44. The van der Waals surface area contributed by atoms with E-state index in [1.54, 1.807) is 0 Å². The Morgan fingerprint density at radius 2 is 1.43 bits per heavy atom. The van der Waals surface area contributed by atoms with Crippen LogP contribution in [0.3, 0.4) is 0 Å². The van der Waals surface area contributed by atoms with E-state index in [-0.39, 0.29) is 0 Å². The SMILES string of the molecule is CC(=O)O[C@@H]1O[C@H](COS(N)(=O)=O)[C@@H](OC(C)=O)[C@H]1OC(C)=O. The molecule has 4 atom stereocenters. The minimum atomic E-state index is -4.28. The molecule has 2 N–H and O–H groups in total. The van der Waals surface area contributed by atoms with E-state index < -0.39 is 59.4 Å². The minimum absolute atomic E-state index is 0.633. The van der Waals surface area contributed by atoms with Crippen LogP contribution in [0.15, 0.2) is 0 Å². The number of rotatable bonds is 6. The van der Waals surface area contributed by atoms with E-state index in [1.807, 2.05) is 0 Å². The highest BCUT2D eigenvalue weighted by molar-refractivity contribution is 7.84. The van der Waals surface area contributed by atoms with Gasteiger partial charge < -0.3 is 18.9 Å². The van der Waals surface area contributed by atoms with E-state index in [1.165, 1.54) is 0 Å². The third-order valence-electron chi connectivity index (χ3n) is 2.55. The van der Waals surface area contributed by atoms with Crippen molar-refractivity contribution in [1.29, 1.82) is 0 Å². The third-order valence-corrected chi connectivity index (χ3v) is 3.01. The maximum atomic E-state index is 11.2. The number of carbonyl (C=O) groups is 3. The van der Waals surface area contributed by atoms with Gasteiger partial charge in [-0.15, -0.1) is 0 Å². The summed E-state index contributed by atoms with van der Waals surface area (Å²) in [5.74, 6) is -2.25. The fourth-order valence-corrected chi connectivity index (χ4v) is 2.22. The van der Waals surface area contributed by atoms with Crippen molar-refractivity contribution in [3.8, 4) is 0 Å². The van der Waals surface area contributed by atoms with Crippen LogP contribution in [0.1, 0.15) is 20.8 Å². The molecular weight excluding hydrogens is 338 g/mol. The predicted octanol–water partition coefficient (Wildman–Crippen LogP) is -1.64. The van der Waals surface area contributed by atoms with Crippen LogP contribution < -0.4 is 5.14 Å². The van der Waals surface area contributed by atoms with E-state index in [4.69, 9.17) is 24.1 Å². The average molecular weight is 355 g/mol. The van der Waals surface area contributed by atoms with Gasteiger partial charge in [0.15, 0.2) is 6.10 Å². The van der Waals surface area contributed by atoms with E-state index >= 15 is 0 Å². The largest absolute Gasteiger partial charge is 0.455 e. The van der Waals surface area contributed by atoms with Gasteiger partial charge in [0.1, 0.15) is 6.10 Å². The Bertz CT molecular complexity index is 573. The Morgan fingerprint density at radius 3 is 1.87 bits per heavy atom. The molecule has 0 bridgehead atoms. The van der Waals surface area contributed by atoms with Gasteiger partial charge in [-0.05, 0) is 0 Å². The summed E-state index contributed by atoms with van der Waals surface area (Å²) in [6, 6.07) is 0. The smallest absolute Gasteiger partial charge is 0.333 e. The van der Waals surface area contributed by atoms with Gasteiger partial charge in [0.2, 0.25) is 12.4 Å². The molecular formula is C11H17NO10S. The van der Waals surface area contributed by atoms with Crippen molar-refractivity contribution in [2.45, 2.75) is 45.4 Å². The summed E-state index contributed by atoms with van der Waals surface area (Å²) in [7, 11) is -4.28. The van der Waals surface area contributed by atoms with E-state index in [0.717, 1.165) is 20.8 Å². The maximum absolute atomic E-state index is 11.2. The Hall–Kier alpha value is -1.76. The average Bonchev–Trinajstić information content (AvgIpc) is 2.63. The first-order valence-corrected chi connectivity index (χ1v) is 7.81. The van der Waals surface area contributed by atoms with E-state index in [0.29, 0.717) is 0 Å². The summed E-state index contributed by atoms with van der Waals surface area (Å²) in [6.07, 6.45) is -5.11. The number of hydrogen-bond acceptors (Lipinski definition) is 10. The van der Waals surface area contributed by atoms with Crippen LogP contribution in [0.4, 0.5) is 0 Å². The van der Waals surface area contributed by atoms with E-state index in [2.05, 4.69) is 4.18 Å². The molecule has 1 fully saturated rings. The van der Waals surface area contributed by atoms with Crippen LogP contribution in [-0.4, -0.2) is 57.5 Å². The zero-order valence-corrected chi connectivity index (χ0v) is 13.4. The van der Waals surface area contributed by atoms with Gasteiger partial charge in [0.25, 0.3) is 0 Å². The lowest BCUT2D eigenvalue weighted by Gasteiger charge is -2.22. The van der Waals surface area contributed by atoms with Crippen molar-refractivity contribution in [3.63, 3.8) is 0 Å². The number of nitrogens with two attached hydrogens (primary N) is 1. The molecule has 1 aliphatic rings. The molecule has 11 nitrogen and oxygen atoms in total. The summed E-state index contributed by atoms with van der Waals surface area (Å²) in [4.78, 5) is 33.5. The summed E-state index contributed by atoms with van der Waals surface area (Å²) < 4.78 is 46.1. The summed E-state index contributed by atoms with van der Waals surface area (Å²) >= 11 is 0. The zero-order chi connectivity index (χ0) is 17.8. The lowest BCUT2D eigenvalue weighted by Crippen LogP contribution is -2.42. The fourth-order valence-electron chi connectivity index (χ4n) is 1.90. The standard InChI is InChI=1S/C11H17NO10S/c1-5(13)19-9-8(4-18-23(12,16)17)22-11(21-7(3)15)10(9)20-6(2)14/h8-11H,4H2,1-3H3,(H2,12,16,17)/t8-,9-,10-,11-/m1/s1. The molecule has 0 unspecified atom stereocenters. The van der Waals surface area contributed by atoms with Gasteiger partial charge in [-0.25, -0.2) is 5.14 Å². The maximum Gasteiger partial charge on any atom is 0.333 e. The van der Waals surface area contributed by atoms with Gasteiger partial charge in [0.05, 0.1) is 6.61 Å². The number of esters is 3. The van der Waals surface area contributed by atoms with Crippen molar-refractivity contribution in [3.05, 3.63) is 0 Å². The molecule has 23 heavy (non-hydrogen) atoms. The van der Waals surface area contributed by atoms with Crippen LogP contribution in [0.2, 0.25) is 0 Å². The van der Waals surface area contributed by atoms with Crippen molar-refractivity contribution >= 4 is 28.2 Å². The van der Waals surface area contributed by atoms with Crippen molar-refractivity contribution in [1.82, 2.24) is 0 Å². The lowest BCUT2D eigenvalue weighted by atomic mass is 10.1. The number of carbonyl (C=O) groups excluding carboxylic acids is 3. The lowest BCUT2D eigenvalue weighted by molar-refractivity contribution is -0.196. The highest BCUT2D eigenvalue weighted by atomic mass is 32.2. The van der Waals surface area contributed by atoms with Gasteiger partial charge in [-0.2, -0.15) is 8.42 Å². The van der Waals surface area contributed by atoms with Crippen molar-refractivity contribution in [2.24, 2.45) is 5.14 Å². The van der Waals surface area contributed by atoms with Crippen LogP contribution >= 0.6 is 0 Å². The molecule has 0 spiro atoms. The molecule has 0 aromatic heterocycles. The first-order valence-electron chi connectivity index (χ1n) is 6.34. The Labute approximate surface area is 132 Å². The molecule has 1 saturated heterocycles. The molecule has 0 saturated carbocycles. The molecule has 0 aromatic carbocycles. The highest BCUT2D eigenvalue weighted by Gasteiger charge is 2.51. The Balaban J connectivity index is 2.99. The second-order valence-electron chi connectivity index (χ2n) is 4.58. The van der Waals surface area contributed by atoms with E-state index in [9.17, 15) is 22.8 Å². The van der Waals surface area contributed by atoms with Gasteiger partial charge in [0, 0.05) is 20.8 Å². The number of ether oxygens (including phenoxy) is 4. The first-order chi connectivity index (χ1) is 10.5. The van der Waals surface area contributed by atoms with Crippen LogP contribution in [0.5, 0.6) is 0 Å². The number of hydrogen-bond donors (Lipinski definition) is 1. The summed E-state index contributed by atoms with van der Waals surface area (Å²) in [5.41, 5.74) is 0. The van der Waals surface area contributed by atoms with Crippen LogP contribution in [-0.2, 0) is 47.8 Å². The predicted molar refractivity (Wildman–Crippen MR) is 70.6 cm³/mol. The van der Waals surface area contributed by atoms with Gasteiger partial charge in [-0.1, -0.05) is 0 Å². The second-order valence-corrected chi connectivity index (χ2v) is 5.80. The molecule has 1 aliphatic heterocycles. The molecule has 0 aromatic rings.